The number of carbonyl (C=O) groups is 1. The molecule has 0 radical (unpaired) electrons. The number of nitro benzene ring substituents is 1. The van der Waals surface area contributed by atoms with Crippen molar-refractivity contribution in [2.75, 3.05) is 18.5 Å². The summed E-state index contributed by atoms with van der Waals surface area (Å²) in [7, 11) is 0. The summed E-state index contributed by atoms with van der Waals surface area (Å²) in [4.78, 5) is 25.1. The van der Waals surface area contributed by atoms with Crippen molar-refractivity contribution in [1.82, 2.24) is 4.90 Å². The first-order valence-corrected chi connectivity index (χ1v) is 9.02. The summed E-state index contributed by atoms with van der Waals surface area (Å²) in [6.07, 6.45) is 0.871. The third kappa shape index (κ3) is 4.43. The quantitative estimate of drug-likeness (QED) is 0.623. The van der Waals surface area contributed by atoms with Gasteiger partial charge in [0.2, 0.25) is 5.91 Å². The minimum absolute atomic E-state index is 0.0455. The zero-order valence-corrected chi connectivity index (χ0v) is 15.5. The summed E-state index contributed by atoms with van der Waals surface area (Å²) in [5.74, 6) is 0.659. The molecule has 7 heteroatoms. The van der Waals surface area contributed by atoms with Crippen molar-refractivity contribution in [3.05, 3.63) is 63.7 Å². The fraction of sp³-hybridized carbons (Fsp3) is 0.350. The van der Waals surface area contributed by atoms with E-state index < -0.39 is 4.92 Å². The van der Waals surface area contributed by atoms with Gasteiger partial charge in [-0.05, 0) is 49.6 Å². The van der Waals surface area contributed by atoms with E-state index in [1.54, 1.807) is 12.1 Å². The Morgan fingerprint density at radius 1 is 1.30 bits per heavy atom. The van der Waals surface area contributed by atoms with E-state index in [-0.39, 0.29) is 17.6 Å². The van der Waals surface area contributed by atoms with Crippen LogP contribution in [0, 0.1) is 10.1 Å². The van der Waals surface area contributed by atoms with E-state index in [2.05, 4.69) is 16.3 Å². The van der Waals surface area contributed by atoms with E-state index in [4.69, 9.17) is 4.74 Å². The number of non-ortho nitro benzene ring substituents is 1. The molecule has 7 nitrogen and oxygen atoms in total. The average Bonchev–Trinajstić information content (AvgIpc) is 2.67. The third-order valence-corrected chi connectivity index (χ3v) is 4.78. The van der Waals surface area contributed by atoms with Gasteiger partial charge >= 0.3 is 0 Å². The van der Waals surface area contributed by atoms with Crippen molar-refractivity contribution >= 4 is 17.3 Å². The number of ether oxygens (including phenoxy) is 1. The number of nitro groups is 1. The second-order valence-corrected chi connectivity index (χ2v) is 6.56. The first kappa shape index (κ1) is 18.8. The lowest BCUT2D eigenvalue weighted by molar-refractivity contribution is -0.384. The molecule has 1 atom stereocenters. The van der Waals surface area contributed by atoms with Gasteiger partial charge in [0, 0.05) is 30.9 Å². The zero-order chi connectivity index (χ0) is 19.4. The van der Waals surface area contributed by atoms with Gasteiger partial charge in [0.05, 0.1) is 17.6 Å². The van der Waals surface area contributed by atoms with Gasteiger partial charge in [-0.15, -0.1) is 0 Å². The highest BCUT2D eigenvalue weighted by Crippen LogP contribution is 2.25. The van der Waals surface area contributed by atoms with Crippen molar-refractivity contribution in [2.45, 2.75) is 32.9 Å². The highest BCUT2D eigenvalue weighted by atomic mass is 16.6. The molecule has 1 heterocycles. The SMILES string of the molecule is CCOc1ccc2c(c1)CN(C(C)C(=O)Nc1cccc([N+](=O)[O-])c1)CC2. The van der Waals surface area contributed by atoms with Crippen molar-refractivity contribution in [3.63, 3.8) is 0 Å². The van der Waals surface area contributed by atoms with Crippen LogP contribution in [0.15, 0.2) is 42.5 Å². The maximum Gasteiger partial charge on any atom is 0.271 e. The maximum absolute atomic E-state index is 12.6. The van der Waals surface area contributed by atoms with Crippen LogP contribution >= 0.6 is 0 Å². The number of carbonyl (C=O) groups excluding carboxylic acids is 1. The van der Waals surface area contributed by atoms with Crippen LogP contribution in [0.3, 0.4) is 0 Å². The molecule has 0 saturated carbocycles. The Morgan fingerprint density at radius 2 is 2.11 bits per heavy atom. The highest BCUT2D eigenvalue weighted by Gasteiger charge is 2.26. The van der Waals surface area contributed by atoms with Gasteiger partial charge in [0.25, 0.3) is 5.69 Å². The molecule has 0 bridgehead atoms. The van der Waals surface area contributed by atoms with Gasteiger partial charge in [0.1, 0.15) is 5.75 Å². The van der Waals surface area contributed by atoms with Gasteiger partial charge in [-0.25, -0.2) is 0 Å². The second-order valence-electron chi connectivity index (χ2n) is 6.56. The third-order valence-electron chi connectivity index (χ3n) is 4.78. The van der Waals surface area contributed by atoms with Crippen LogP contribution in [0.4, 0.5) is 11.4 Å². The van der Waals surface area contributed by atoms with Crippen molar-refractivity contribution in [2.24, 2.45) is 0 Å². The molecule has 1 unspecified atom stereocenters. The Balaban J connectivity index is 1.68. The molecule has 1 aliphatic heterocycles. The van der Waals surface area contributed by atoms with E-state index in [1.807, 2.05) is 26.0 Å². The fourth-order valence-corrected chi connectivity index (χ4v) is 3.25. The number of nitrogens with one attached hydrogen (secondary N) is 1. The van der Waals surface area contributed by atoms with Gasteiger partial charge < -0.3 is 10.1 Å². The Morgan fingerprint density at radius 3 is 2.85 bits per heavy atom. The van der Waals surface area contributed by atoms with Gasteiger partial charge in [-0.3, -0.25) is 19.8 Å². The molecule has 0 aromatic heterocycles. The van der Waals surface area contributed by atoms with Crippen LogP contribution in [0.5, 0.6) is 5.75 Å². The monoisotopic (exact) mass is 369 g/mol. The molecular weight excluding hydrogens is 346 g/mol. The molecule has 142 valence electrons. The normalized spacial score (nSPS) is 14.9. The standard InChI is InChI=1S/C20H23N3O4/c1-3-27-19-8-7-15-9-10-22(13-16(15)11-19)14(2)20(24)21-17-5-4-6-18(12-17)23(25)26/h4-8,11-12,14H,3,9-10,13H2,1-2H3,(H,21,24). The number of hydrogen-bond acceptors (Lipinski definition) is 5. The summed E-state index contributed by atoms with van der Waals surface area (Å²) in [5.41, 5.74) is 2.83. The Labute approximate surface area is 158 Å². The van der Waals surface area contributed by atoms with E-state index in [0.29, 0.717) is 18.8 Å². The topological polar surface area (TPSA) is 84.7 Å². The van der Waals surface area contributed by atoms with Crippen LogP contribution in [0.1, 0.15) is 25.0 Å². The molecule has 1 amide bonds. The second kappa shape index (κ2) is 8.18. The van der Waals surface area contributed by atoms with Gasteiger partial charge in [-0.1, -0.05) is 12.1 Å². The van der Waals surface area contributed by atoms with Gasteiger partial charge in [0.15, 0.2) is 0 Å². The average molecular weight is 369 g/mol. The first-order valence-electron chi connectivity index (χ1n) is 9.02. The highest BCUT2D eigenvalue weighted by molar-refractivity contribution is 5.94. The number of rotatable bonds is 6. The van der Waals surface area contributed by atoms with Crippen molar-refractivity contribution in [3.8, 4) is 5.75 Å². The Hall–Kier alpha value is -2.93. The zero-order valence-electron chi connectivity index (χ0n) is 15.5. The summed E-state index contributed by atoms with van der Waals surface area (Å²) >= 11 is 0. The Kier molecular flexibility index (Phi) is 5.71. The largest absolute Gasteiger partial charge is 0.494 e. The number of nitrogens with zero attached hydrogens (tertiary/aromatic N) is 2. The molecule has 27 heavy (non-hydrogen) atoms. The van der Waals surface area contributed by atoms with E-state index in [1.165, 1.54) is 23.3 Å². The molecular formula is C20H23N3O4. The maximum atomic E-state index is 12.6. The minimum atomic E-state index is -0.476. The van der Waals surface area contributed by atoms with E-state index in [9.17, 15) is 14.9 Å². The van der Waals surface area contributed by atoms with Crippen molar-refractivity contribution in [1.29, 1.82) is 0 Å². The molecule has 1 N–H and O–H groups in total. The molecule has 2 aromatic carbocycles. The molecule has 0 spiro atoms. The predicted molar refractivity (Wildman–Crippen MR) is 103 cm³/mol. The molecule has 0 fully saturated rings. The van der Waals surface area contributed by atoms with Crippen LogP contribution in [-0.2, 0) is 17.8 Å². The molecule has 0 saturated heterocycles. The van der Waals surface area contributed by atoms with Crippen molar-refractivity contribution < 1.29 is 14.5 Å². The van der Waals surface area contributed by atoms with Crippen LogP contribution in [0.25, 0.3) is 0 Å². The number of anilines is 1. The molecule has 1 aliphatic rings. The van der Waals surface area contributed by atoms with Crippen LogP contribution < -0.4 is 10.1 Å². The Bertz CT molecular complexity index is 853. The lowest BCUT2D eigenvalue weighted by atomic mass is 9.98. The van der Waals surface area contributed by atoms with E-state index in [0.717, 1.165) is 18.7 Å². The molecule has 0 aliphatic carbocycles. The van der Waals surface area contributed by atoms with Gasteiger partial charge in [-0.2, -0.15) is 0 Å². The minimum Gasteiger partial charge on any atom is -0.494 e. The summed E-state index contributed by atoms with van der Waals surface area (Å²) < 4.78 is 5.57. The smallest absolute Gasteiger partial charge is 0.271 e. The number of fused-ring (bicyclic) bond motifs is 1. The lowest BCUT2D eigenvalue weighted by Gasteiger charge is -2.33. The lowest BCUT2D eigenvalue weighted by Crippen LogP contribution is -2.44. The summed E-state index contributed by atoms with van der Waals surface area (Å²) in [6.45, 7) is 5.87. The molecule has 2 aromatic rings. The van der Waals surface area contributed by atoms with Crippen LogP contribution in [0.2, 0.25) is 0 Å². The van der Waals surface area contributed by atoms with Crippen LogP contribution in [-0.4, -0.2) is 34.9 Å². The fourth-order valence-electron chi connectivity index (χ4n) is 3.25. The number of amides is 1. The first-order chi connectivity index (χ1) is 13.0. The summed E-state index contributed by atoms with van der Waals surface area (Å²) in [6, 6.07) is 11.7. The summed E-state index contributed by atoms with van der Waals surface area (Å²) in [5, 5.41) is 13.7. The number of hydrogen-bond donors (Lipinski definition) is 1. The molecule has 3 rings (SSSR count). The number of benzene rings is 2. The van der Waals surface area contributed by atoms with E-state index >= 15 is 0 Å². The predicted octanol–water partition coefficient (Wildman–Crippen LogP) is 3.38.